The fourth-order valence-corrected chi connectivity index (χ4v) is 4.68. The van der Waals surface area contributed by atoms with Crippen LogP contribution in [0.5, 0.6) is 0 Å². The molecule has 2 heterocycles. The zero-order valence-electron chi connectivity index (χ0n) is 15.5. The summed E-state index contributed by atoms with van der Waals surface area (Å²) >= 11 is 0. The molecule has 1 saturated carbocycles. The van der Waals surface area contributed by atoms with Crippen molar-refractivity contribution < 1.29 is 13.9 Å². The van der Waals surface area contributed by atoms with Crippen LogP contribution < -0.4 is 0 Å². The zero-order chi connectivity index (χ0) is 18.3. The molecule has 140 valence electrons. The van der Waals surface area contributed by atoms with Gasteiger partial charge in [0, 0.05) is 24.0 Å². The first kappa shape index (κ1) is 17.5. The van der Waals surface area contributed by atoms with Gasteiger partial charge in [-0.15, -0.1) is 0 Å². The Morgan fingerprint density at radius 2 is 2.08 bits per heavy atom. The van der Waals surface area contributed by atoms with Crippen LogP contribution in [0.25, 0.3) is 10.9 Å². The minimum Gasteiger partial charge on any atom is -0.465 e. The molecule has 1 aromatic carbocycles. The summed E-state index contributed by atoms with van der Waals surface area (Å²) in [6.07, 6.45) is 4.79. The molecule has 0 unspecified atom stereocenters. The molecule has 2 fully saturated rings. The van der Waals surface area contributed by atoms with Crippen LogP contribution in [-0.4, -0.2) is 45.9 Å². The van der Waals surface area contributed by atoms with Crippen molar-refractivity contribution in [3.8, 4) is 0 Å². The predicted molar refractivity (Wildman–Crippen MR) is 97.4 cm³/mol. The second-order valence-electron chi connectivity index (χ2n) is 7.54. The van der Waals surface area contributed by atoms with Crippen LogP contribution in [-0.2, 0) is 16.6 Å². The van der Waals surface area contributed by atoms with Gasteiger partial charge < -0.3 is 4.74 Å². The van der Waals surface area contributed by atoms with E-state index in [2.05, 4.69) is 10.00 Å². The summed E-state index contributed by atoms with van der Waals surface area (Å²) in [6, 6.07) is 4.80. The van der Waals surface area contributed by atoms with E-state index >= 15 is 0 Å². The molecule has 0 N–H and O–H groups in total. The quantitative estimate of drug-likeness (QED) is 0.785. The van der Waals surface area contributed by atoms with Crippen LogP contribution in [0.2, 0.25) is 0 Å². The Hall–Kier alpha value is -1.95. The molecule has 5 nitrogen and oxygen atoms in total. The van der Waals surface area contributed by atoms with E-state index in [0.717, 1.165) is 61.8 Å². The second kappa shape index (κ2) is 6.65. The van der Waals surface area contributed by atoms with Gasteiger partial charge in [-0.2, -0.15) is 5.10 Å². The Kier molecular flexibility index (Phi) is 4.47. The van der Waals surface area contributed by atoms with Gasteiger partial charge >= 0.3 is 5.97 Å². The first-order valence-corrected chi connectivity index (χ1v) is 9.59. The van der Waals surface area contributed by atoms with Crippen molar-refractivity contribution in [1.82, 2.24) is 14.7 Å². The van der Waals surface area contributed by atoms with Crippen LogP contribution in [0.3, 0.4) is 0 Å². The highest BCUT2D eigenvalue weighted by atomic mass is 19.1. The van der Waals surface area contributed by atoms with Crippen molar-refractivity contribution in [2.75, 3.05) is 19.7 Å². The summed E-state index contributed by atoms with van der Waals surface area (Å²) in [5.41, 5.74) is 1.55. The topological polar surface area (TPSA) is 47.4 Å². The van der Waals surface area contributed by atoms with Gasteiger partial charge in [-0.3, -0.25) is 14.4 Å². The largest absolute Gasteiger partial charge is 0.465 e. The summed E-state index contributed by atoms with van der Waals surface area (Å²) in [5.74, 6) is 0.0556. The number of rotatable bonds is 4. The Balaban J connectivity index is 1.53. The van der Waals surface area contributed by atoms with E-state index < -0.39 is 5.54 Å². The number of hydrogen-bond acceptors (Lipinski definition) is 4. The molecule has 1 aliphatic carbocycles. The molecule has 0 spiro atoms. The first-order chi connectivity index (χ1) is 12.5. The lowest BCUT2D eigenvalue weighted by atomic mass is 9.73. The summed E-state index contributed by atoms with van der Waals surface area (Å²) in [4.78, 5) is 14.8. The van der Waals surface area contributed by atoms with Crippen molar-refractivity contribution in [1.29, 1.82) is 0 Å². The molecule has 0 radical (unpaired) electrons. The number of piperidine rings is 1. The summed E-state index contributed by atoms with van der Waals surface area (Å²) in [5, 5.41) is 5.45. The fourth-order valence-electron chi connectivity index (χ4n) is 4.68. The van der Waals surface area contributed by atoms with E-state index in [4.69, 9.17) is 4.74 Å². The average molecular weight is 359 g/mol. The molecular weight excluding hydrogens is 333 g/mol. The van der Waals surface area contributed by atoms with Crippen LogP contribution in [0.1, 0.15) is 50.6 Å². The monoisotopic (exact) mass is 359 g/mol. The van der Waals surface area contributed by atoms with E-state index in [1.807, 2.05) is 18.7 Å². The Morgan fingerprint density at radius 3 is 2.69 bits per heavy atom. The maximum absolute atomic E-state index is 13.7. The van der Waals surface area contributed by atoms with Crippen molar-refractivity contribution >= 4 is 16.9 Å². The third-order valence-electron chi connectivity index (χ3n) is 6.16. The Bertz CT molecular complexity index is 820. The number of fused-ring (bicyclic) bond motifs is 1. The molecule has 0 amide bonds. The number of hydrogen-bond donors (Lipinski definition) is 0. The molecule has 1 saturated heterocycles. The number of carbonyl (C=O) groups is 1. The first-order valence-electron chi connectivity index (χ1n) is 9.59. The lowest BCUT2D eigenvalue weighted by Gasteiger charge is -2.50. The van der Waals surface area contributed by atoms with Crippen LogP contribution >= 0.6 is 0 Å². The number of carbonyl (C=O) groups excluding carboxylic acids is 1. The SMILES string of the molecule is CCOC(=O)C1(N2CCC(c3c4cc(F)ccc4nn3C)CC2)CCC1. The highest BCUT2D eigenvalue weighted by Crippen LogP contribution is 2.43. The van der Waals surface area contributed by atoms with Gasteiger partial charge in [0.05, 0.1) is 12.1 Å². The maximum atomic E-state index is 13.7. The molecular formula is C20H26FN3O2. The predicted octanol–water partition coefficient (Wildman–Crippen LogP) is 3.38. The van der Waals surface area contributed by atoms with Crippen molar-refractivity contribution in [3.05, 3.63) is 29.7 Å². The molecule has 1 aliphatic heterocycles. The molecule has 2 aliphatic rings. The number of halogens is 1. The average Bonchev–Trinajstić information content (AvgIpc) is 2.90. The molecule has 26 heavy (non-hydrogen) atoms. The number of nitrogens with zero attached hydrogens (tertiary/aromatic N) is 3. The van der Waals surface area contributed by atoms with E-state index in [9.17, 15) is 9.18 Å². The Labute approximate surface area is 153 Å². The van der Waals surface area contributed by atoms with Crippen molar-refractivity contribution in [2.45, 2.75) is 50.5 Å². The number of esters is 1. The highest BCUT2D eigenvalue weighted by molar-refractivity contribution is 5.83. The second-order valence-corrected chi connectivity index (χ2v) is 7.54. The Morgan fingerprint density at radius 1 is 1.35 bits per heavy atom. The van der Waals surface area contributed by atoms with Gasteiger partial charge in [-0.25, -0.2) is 4.39 Å². The highest BCUT2D eigenvalue weighted by Gasteiger charge is 2.51. The molecule has 0 atom stereocenters. The molecule has 2 aromatic rings. The van der Waals surface area contributed by atoms with Crippen molar-refractivity contribution in [2.24, 2.45) is 7.05 Å². The molecule has 4 rings (SSSR count). The van der Waals surface area contributed by atoms with Gasteiger partial charge in [0.15, 0.2) is 0 Å². The lowest BCUT2D eigenvalue weighted by Crippen LogP contribution is -2.61. The normalized spacial score (nSPS) is 20.9. The van der Waals surface area contributed by atoms with E-state index in [-0.39, 0.29) is 11.8 Å². The van der Waals surface area contributed by atoms with Crippen LogP contribution in [0.4, 0.5) is 4.39 Å². The standard InChI is InChI=1S/C20H26FN3O2/c1-3-26-19(25)20(9-4-10-20)24-11-7-14(8-12-24)18-16-13-15(21)5-6-17(16)22-23(18)2/h5-6,13-14H,3-4,7-12H2,1-2H3. The van der Waals surface area contributed by atoms with Gasteiger partial charge in [-0.1, -0.05) is 0 Å². The number of aromatic nitrogens is 2. The summed E-state index contributed by atoms with van der Waals surface area (Å²) in [7, 11) is 1.94. The number of benzene rings is 1. The fraction of sp³-hybridized carbons (Fsp3) is 0.600. The van der Waals surface area contributed by atoms with Crippen LogP contribution in [0.15, 0.2) is 18.2 Å². The van der Waals surface area contributed by atoms with Crippen molar-refractivity contribution in [3.63, 3.8) is 0 Å². The third kappa shape index (κ3) is 2.71. The molecule has 0 bridgehead atoms. The maximum Gasteiger partial charge on any atom is 0.326 e. The number of likely N-dealkylation sites (tertiary alicyclic amines) is 1. The smallest absolute Gasteiger partial charge is 0.326 e. The van der Waals surface area contributed by atoms with E-state index in [1.54, 1.807) is 12.1 Å². The van der Waals surface area contributed by atoms with E-state index in [1.165, 1.54) is 6.07 Å². The lowest BCUT2D eigenvalue weighted by molar-refractivity contribution is -0.166. The summed E-state index contributed by atoms with van der Waals surface area (Å²) in [6.45, 7) is 4.03. The van der Waals surface area contributed by atoms with Gasteiger partial charge in [-0.05, 0) is 70.3 Å². The van der Waals surface area contributed by atoms with Gasteiger partial charge in [0.2, 0.25) is 0 Å². The van der Waals surface area contributed by atoms with E-state index in [0.29, 0.717) is 12.5 Å². The summed E-state index contributed by atoms with van der Waals surface area (Å²) < 4.78 is 21.0. The van der Waals surface area contributed by atoms with Gasteiger partial charge in [0.25, 0.3) is 0 Å². The number of aryl methyl sites for hydroxylation is 1. The third-order valence-corrected chi connectivity index (χ3v) is 6.16. The number of ether oxygens (including phenoxy) is 1. The minimum atomic E-state index is -0.401. The molecule has 6 heteroatoms. The van der Waals surface area contributed by atoms with Gasteiger partial charge in [0.1, 0.15) is 11.4 Å². The zero-order valence-corrected chi connectivity index (χ0v) is 15.5. The molecule has 1 aromatic heterocycles. The van der Waals surface area contributed by atoms with Crippen LogP contribution in [0, 0.1) is 5.82 Å². The minimum absolute atomic E-state index is 0.0576.